The molecule has 0 aliphatic rings. The van der Waals surface area contributed by atoms with Gasteiger partial charge in [0.05, 0.1) is 5.56 Å². The van der Waals surface area contributed by atoms with E-state index in [0.717, 1.165) is 16.7 Å². The number of aryl methyl sites for hydroxylation is 1. The molecule has 0 fully saturated rings. The van der Waals surface area contributed by atoms with E-state index in [1.165, 1.54) is 10.9 Å². The summed E-state index contributed by atoms with van der Waals surface area (Å²) < 4.78 is 14.6. The highest BCUT2D eigenvalue weighted by Crippen LogP contribution is 2.28. The molecular formula is C24H24FN3O. The van der Waals surface area contributed by atoms with Crippen LogP contribution in [-0.4, -0.2) is 15.7 Å². The van der Waals surface area contributed by atoms with Gasteiger partial charge in [-0.25, -0.2) is 4.39 Å². The van der Waals surface area contributed by atoms with Crippen LogP contribution < -0.4 is 5.32 Å². The first-order valence-corrected chi connectivity index (χ1v) is 9.39. The number of amides is 1. The van der Waals surface area contributed by atoms with Gasteiger partial charge < -0.3 is 5.32 Å². The highest BCUT2D eigenvalue weighted by molar-refractivity contribution is 6.06. The number of nitrogens with one attached hydrogen (secondary N) is 1. The lowest BCUT2D eigenvalue weighted by Gasteiger charge is -2.11. The van der Waals surface area contributed by atoms with Crippen LogP contribution in [0.2, 0.25) is 0 Å². The summed E-state index contributed by atoms with van der Waals surface area (Å²) in [5.74, 6) is 6.02. The molecule has 0 atom stereocenters. The molecule has 0 aliphatic carbocycles. The van der Waals surface area contributed by atoms with E-state index in [2.05, 4.69) is 43.0 Å². The maximum Gasteiger partial charge on any atom is 0.259 e. The van der Waals surface area contributed by atoms with Gasteiger partial charge in [-0.2, -0.15) is 5.10 Å². The van der Waals surface area contributed by atoms with E-state index in [-0.39, 0.29) is 22.6 Å². The number of nitrogens with zero attached hydrogens (tertiary/aromatic N) is 2. The van der Waals surface area contributed by atoms with Crippen LogP contribution in [0.4, 0.5) is 10.1 Å². The zero-order valence-electron chi connectivity index (χ0n) is 17.1. The third-order valence-corrected chi connectivity index (χ3v) is 4.23. The summed E-state index contributed by atoms with van der Waals surface area (Å²) >= 11 is 0. The zero-order valence-corrected chi connectivity index (χ0v) is 17.1. The van der Waals surface area contributed by atoms with Crippen molar-refractivity contribution in [2.45, 2.75) is 27.4 Å². The summed E-state index contributed by atoms with van der Waals surface area (Å²) in [6.07, 6.45) is 1.52. The lowest BCUT2D eigenvalue weighted by Crippen LogP contribution is -2.13. The van der Waals surface area contributed by atoms with Gasteiger partial charge in [-0.15, -0.1) is 0 Å². The Balaban J connectivity index is 1.87. The van der Waals surface area contributed by atoms with Crippen LogP contribution in [0, 0.1) is 17.3 Å². The van der Waals surface area contributed by atoms with Crippen molar-refractivity contribution in [3.05, 3.63) is 71.5 Å². The number of benzene rings is 2. The number of anilines is 1. The van der Waals surface area contributed by atoms with E-state index in [1.54, 1.807) is 7.05 Å². The Kier molecular flexibility index (Phi) is 5.84. The maximum absolute atomic E-state index is 13.1. The average Bonchev–Trinajstić information content (AvgIpc) is 3.08. The molecule has 29 heavy (non-hydrogen) atoms. The zero-order chi connectivity index (χ0) is 21.0. The smallest absolute Gasteiger partial charge is 0.259 e. The molecule has 0 spiro atoms. The minimum atomic E-state index is -0.789. The number of carbonyl (C=O) groups excluding carboxylic acids is 1. The number of halogens is 1. The van der Waals surface area contributed by atoms with Gasteiger partial charge in [0, 0.05) is 35.5 Å². The van der Waals surface area contributed by atoms with Crippen molar-refractivity contribution in [1.29, 1.82) is 0 Å². The molecule has 3 aromatic rings. The lowest BCUT2D eigenvalue weighted by atomic mass is 9.97. The normalized spacial score (nSPS) is 10.9. The Labute approximate surface area is 170 Å². The van der Waals surface area contributed by atoms with E-state index >= 15 is 0 Å². The summed E-state index contributed by atoms with van der Waals surface area (Å²) in [5, 5.41) is 6.87. The van der Waals surface area contributed by atoms with Crippen LogP contribution in [0.1, 0.15) is 42.4 Å². The SMILES string of the molecule is Cn1cc(C(=O)Nc2ccccc2-c2ccc(C#CC(C)(C)C)cc2)c(CF)n1. The van der Waals surface area contributed by atoms with Crippen LogP contribution in [-0.2, 0) is 13.7 Å². The first kappa shape index (κ1) is 20.3. The summed E-state index contributed by atoms with van der Waals surface area (Å²) in [5.41, 5.74) is 3.73. The van der Waals surface area contributed by atoms with E-state index < -0.39 is 6.67 Å². The van der Waals surface area contributed by atoms with Gasteiger partial charge in [0.25, 0.3) is 5.91 Å². The Morgan fingerprint density at radius 3 is 2.48 bits per heavy atom. The second kappa shape index (κ2) is 8.32. The highest BCUT2D eigenvalue weighted by atomic mass is 19.1. The predicted octanol–water partition coefficient (Wildman–Crippen LogP) is 5.21. The third kappa shape index (κ3) is 5.11. The molecule has 1 amide bonds. The molecule has 0 saturated carbocycles. The van der Waals surface area contributed by atoms with E-state index in [1.807, 2.05) is 48.5 Å². The molecule has 4 nitrogen and oxygen atoms in total. The van der Waals surface area contributed by atoms with E-state index in [4.69, 9.17) is 0 Å². The summed E-state index contributed by atoms with van der Waals surface area (Å²) in [6.45, 7) is 5.43. The molecular weight excluding hydrogens is 365 g/mol. The molecule has 0 saturated heterocycles. The number of hydrogen-bond donors (Lipinski definition) is 1. The van der Waals surface area contributed by atoms with Crippen molar-refractivity contribution in [2.24, 2.45) is 12.5 Å². The van der Waals surface area contributed by atoms with Crippen molar-refractivity contribution in [3.63, 3.8) is 0 Å². The minimum absolute atomic E-state index is 0.0552. The Bertz CT molecular complexity index is 1080. The molecule has 0 unspecified atom stereocenters. The second-order valence-corrected chi connectivity index (χ2v) is 7.87. The van der Waals surface area contributed by atoms with Gasteiger partial charge in [-0.1, -0.05) is 42.2 Å². The number of aromatic nitrogens is 2. The van der Waals surface area contributed by atoms with Gasteiger partial charge in [0.15, 0.2) is 0 Å². The summed E-state index contributed by atoms with van der Waals surface area (Å²) in [4.78, 5) is 12.7. The molecule has 3 rings (SSSR count). The van der Waals surface area contributed by atoms with E-state index in [9.17, 15) is 9.18 Å². The standard InChI is InChI=1S/C24H24FN3O/c1-24(2,3)14-13-17-9-11-18(12-10-17)19-7-5-6-8-21(19)26-23(29)20-16-28(4)27-22(20)15-25/h5-12,16H,15H2,1-4H3,(H,26,29). The second-order valence-electron chi connectivity index (χ2n) is 7.87. The number of rotatable bonds is 4. The fraction of sp³-hybridized carbons (Fsp3) is 0.250. The summed E-state index contributed by atoms with van der Waals surface area (Å²) in [7, 11) is 1.66. The third-order valence-electron chi connectivity index (χ3n) is 4.23. The quantitative estimate of drug-likeness (QED) is 0.623. The van der Waals surface area contributed by atoms with Crippen LogP contribution in [0.3, 0.4) is 0 Å². The van der Waals surface area contributed by atoms with Gasteiger partial charge in [-0.05, 0) is 44.5 Å². The number of carbonyl (C=O) groups is 1. The van der Waals surface area contributed by atoms with Crippen molar-refractivity contribution >= 4 is 11.6 Å². The van der Waals surface area contributed by atoms with Crippen molar-refractivity contribution in [2.75, 3.05) is 5.32 Å². The van der Waals surface area contributed by atoms with Gasteiger partial charge in [-0.3, -0.25) is 9.48 Å². The largest absolute Gasteiger partial charge is 0.321 e. The molecule has 5 heteroatoms. The molecule has 0 bridgehead atoms. The summed E-state index contributed by atoms with van der Waals surface area (Å²) in [6, 6.07) is 15.4. The number of hydrogen-bond acceptors (Lipinski definition) is 2. The lowest BCUT2D eigenvalue weighted by molar-refractivity contribution is 0.102. The molecule has 1 heterocycles. The fourth-order valence-electron chi connectivity index (χ4n) is 2.85. The molecule has 148 valence electrons. The van der Waals surface area contributed by atoms with Crippen molar-refractivity contribution in [1.82, 2.24) is 9.78 Å². The fourth-order valence-corrected chi connectivity index (χ4v) is 2.85. The Hall–Kier alpha value is -3.39. The molecule has 1 N–H and O–H groups in total. The van der Waals surface area contributed by atoms with Crippen LogP contribution in [0.15, 0.2) is 54.7 Å². The molecule has 0 aliphatic heterocycles. The van der Waals surface area contributed by atoms with Crippen molar-refractivity contribution in [3.8, 4) is 23.0 Å². The molecule has 0 radical (unpaired) electrons. The number of para-hydroxylation sites is 1. The van der Waals surface area contributed by atoms with Crippen LogP contribution in [0.25, 0.3) is 11.1 Å². The molecule has 2 aromatic carbocycles. The highest BCUT2D eigenvalue weighted by Gasteiger charge is 2.17. The average molecular weight is 389 g/mol. The Morgan fingerprint density at radius 2 is 1.83 bits per heavy atom. The Morgan fingerprint density at radius 1 is 1.14 bits per heavy atom. The van der Waals surface area contributed by atoms with Crippen LogP contribution >= 0.6 is 0 Å². The van der Waals surface area contributed by atoms with E-state index in [0.29, 0.717) is 5.69 Å². The van der Waals surface area contributed by atoms with Crippen molar-refractivity contribution < 1.29 is 9.18 Å². The monoisotopic (exact) mass is 389 g/mol. The minimum Gasteiger partial charge on any atom is -0.321 e. The first-order valence-electron chi connectivity index (χ1n) is 9.39. The van der Waals surface area contributed by atoms with Gasteiger partial charge in [0.2, 0.25) is 0 Å². The van der Waals surface area contributed by atoms with Crippen LogP contribution in [0.5, 0.6) is 0 Å². The first-order chi connectivity index (χ1) is 13.8. The van der Waals surface area contributed by atoms with Gasteiger partial charge in [0.1, 0.15) is 12.4 Å². The van der Waals surface area contributed by atoms with Gasteiger partial charge >= 0.3 is 0 Å². The molecule has 1 aromatic heterocycles. The topological polar surface area (TPSA) is 46.9 Å². The predicted molar refractivity (Wildman–Crippen MR) is 114 cm³/mol. The maximum atomic E-state index is 13.1. The number of alkyl halides is 1.